The van der Waals surface area contributed by atoms with Gasteiger partial charge in [0, 0.05) is 35.3 Å². The number of carboxylic acid groups (broad SMARTS) is 1. The average molecular weight is 514 g/mol. The molecule has 8 heteroatoms. The molecule has 2 heterocycles. The number of amides is 1. The van der Waals surface area contributed by atoms with Crippen molar-refractivity contribution in [2.24, 2.45) is 0 Å². The van der Waals surface area contributed by atoms with Gasteiger partial charge < -0.3 is 10.4 Å². The van der Waals surface area contributed by atoms with Crippen molar-refractivity contribution in [1.82, 2.24) is 14.9 Å². The molecule has 1 amide bonds. The summed E-state index contributed by atoms with van der Waals surface area (Å²) >= 11 is 6.17. The summed E-state index contributed by atoms with van der Waals surface area (Å²) in [5.74, 6) is -1.67. The van der Waals surface area contributed by atoms with Crippen molar-refractivity contribution in [2.45, 2.75) is 13.0 Å². The zero-order chi connectivity index (χ0) is 25.9. The molecule has 0 aliphatic heterocycles. The quantitative estimate of drug-likeness (QED) is 0.279. The Morgan fingerprint density at radius 3 is 2.41 bits per heavy atom. The Bertz CT molecular complexity index is 1610. The first-order valence-corrected chi connectivity index (χ1v) is 11.9. The third-order valence-electron chi connectivity index (χ3n) is 6.05. The third kappa shape index (κ3) is 5.37. The molecule has 0 spiro atoms. The van der Waals surface area contributed by atoms with Crippen LogP contribution in [0.1, 0.15) is 37.4 Å². The molecule has 0 saturated carbocycles. The predicted octanol–water partition coefficient (Wildman–Crippen LogP) is 6.01. The van der Waals surface area contributed by atoms with Gasteiger partial charge in [0.15, 0.2) is 0 Å². The Hall–Kier alpha value is -4.49. The molecule has 0 aliphatic carbocycles. The maximum atomic E-state index is 13.5. The van der Waals surface area contributed by atoms with Gasteiger partial charge >= 0.3 is 5.97 Å². The van der Waals surface area contributed by atoms with E-state index in [4.69, 9.17) is 16.7 Å². The molecule has 2 aromatic heterocycles. The highest BCUT2D eigenvalue weighted by molar-refractivity contribution is 6.30. The SMILES string of the molecule is O=C(O)c1ccc(CNC(=O)c2cc(-c3ccc(F)cc3)cn3ncc(Cc4cccc(Cl)c4)c23)cc1. The lowest BCUT2D eigenvalue weighted by molar-refractivity contribution is 0.0696. The van der Waals surface area contributed by atoms with Crippen LogP contribution >= 0.6 is 11.6 Å². The molecule has 5 aromatic rings. The highest BCUT2D eigenvalue weighted by Crippen LogP contribution is 2.27. The summed E-state index contributed by atoms with van der Waals surface area (Å²) in [4.78, 5) is 24.6. The maximum Gasteiger partial charge on any atom is 0.335 e. The van der Waals surface area contributed by atoms with E-state index < -0.39 is 5.97 Å². The topological polar surface area (TPSA) is 83.7 Å². The number of fused-ring (bicyclic) bond motifs is 1. The third-order valence-corrected chi connectivity index (χ3v) is 6.28. The molecule has 0 unspecified atom stereocenters. The van der Waals surface area contributed by atoms with Gasteiger partial charge in [0.1, 0.15) is 5.82 Å². The molecule has 0 bridgehead atoms. The summed E-state index contributed by atoms with van der Waals surface area (Å²) in [5, 5.41) is 17.2. The number of halogens is 2. The van der Waals surface area contributed by atoms with E-state index in [-0.39, 0.29) is 23.8 Å². The molecule has 3 aromatic carbocycles. The molecule has 0 aliphatic rings. The van der Waals surface area contributed by atoms with Crippen molar-refractivity contribution in [2.75, 3.05) is 0 Å². The van der Waals surface area contributed by atoms with Crippen LogP contribution in [0.25, 0.3) is 16.6 Å². The maximum absolute atomic E-state index is 13.5. The van der Waals surface area contributed by atoms with Gasteiger partial charge in [-0.25, -0.2) is 13.7 Å². The van der Waals surface area contributed by atoms with Crippen LogP contribution in [0, 0.1) is 5.82 Å². The first-order valence-electron chi connectivity index (χ1n) is 11.5. The number of rotatable bonds is 7. The molecule has 0 radical (unpaired) electrons. The van der Waals surface area contributed by atoms with E-state index in [0.29, 0.717) is 28.1 Å². The van der Waals surface area contributed by atoms with Crippen molar-refractivity contribution in [3.63, 3.8) is 0 Å². The van der Waals surface area contributed by atoms with E-state index in [9.17, 15) is 14.0 Å². The van der Waals surface area contributed by atoms with Crippen LogP contribution in [0.15, 0.2) is 91.3 Å². The molecule has 2 N–H and O–H groups in total. The molecule has 184 valence electrons. The number of carboxylic acids is 1. The number of aromatic carboxylic acids is 1. The second-order valence-electron chi connectivity index (χ2n) is 8.60. The summed E-state index contributed by atoms with van der Waals surface area (Å²) in [6.45, 7) is 0.212. The molecule has 0 fully saturated rings. The van der Waals surface area contributed by atoms with Gasteiger partial charge in [-0.05, 0) is 59.2 Å². The van der Waals surface area contributed by atoms with Gasteiger partial charge in [-0.1, -0.05) is 48.0 Å². The van der Waals surface area contributed by atoms with Crippen LogP contribution in [0.2, 0.25) is 5.02 Å². The minimum atomic E-state index is -1.01. The number of aromatic nitrogens is 2. The fourth-order valence-corrected chi connectivity index (χ4v) is 4.41. The van der Waals surface area contributed by atoms with Crippen molar-refractivity contribution in [1.29, 1.82) is 0 Å². The lowest BCUT2D eigenvalue weighted by Crippen LogP contribution is -2.24. The predicted molar refractivity (Wildman–Crippen MR) is 139 cm³/mol. The molecular weight excluding hydrogens is 493 g/mol. The van der Waals surface area contributed by atoms with Crippen LogP contribution in [0.3, 0.4) is 0 Å². The molecule has 0 saturated heterocycles. The summed E-state index contributed by atoms with van der Waals surface area (Å²) in [6, 6.07) is 21.6. The molecule has 5 rings (SSSR count). The van der Waals surface area contributed by atoms with E-state index >= 15 is 0 Å². The van der Waals surface area contributed by atoms with E-state index in [1.165, 1.54) is 24.3 Å². The fourth-order valence-electron chi connectivity index (χ4n) is 4.20. The summed E-state index contributed by atoms with van der Waals surface area (Å²) in [6.07, 6.45) is 4.06. The minimum absolute atomic E-state index is 0.175. The largest absolute Gasteiger partial charge is 0.478 e. The lowest BCUT2D eigenvalue weighted by Gasteiger charge is -2.12. The number of nitrogens with zero attached hydrogens (tertiary/aromatic N) is 2. The molecule has 0 atom stereocenters. The van der Waals surface area contributed by atoms with Gasteiger partial charge in [-0.2, -0.15) is 5.10 Å². The second-order valence-corrected chi connectivity index (χ2v) is 9.04. The lowest BCUT2D eigenvalue weighted by atomic mass is 10.0. The van der Waals surface area contributed by atoms with Crippen molar-refractivity contribution >= 4 is 29.0 Å². The first kappa shape index (κ1) is 24.2. The van der Waals surface area contributed by atoms with Gasteiger partial charge in [0.2, 0.25) is 0 Å². The van der Waals surface area contributed by atoms with Crippen molar-refractivity contribution < 1.29 is 19.1 Å². The fraction of sp³-hybridized carbons (Fsp3) is 0.0690. The first-order chi connectivity index (χ1) is 17.9. The zero-order valence-electron chi connectivity index (χ0n) is 19.5. The van der Waals surface area contributed by atoms with Crippen LogP contribution in [-0.4, -0.2) is 26.6 Å². The minimum Gasteiger partial charge on any atom is -0.478 e. The van der Waals surface area contributed by atoms with E-state index in [2.05, 4.69) is 10.4 Å². The van der Waals surface area contributed by atoms with E-state index in [1.54, 1.807) is 47.1 Å². The van der Waals surface area contributed by atoms with Gasteiger partial charge in [-0.15, -0.1) is 0 Å². The number of benzene rings is 3. The van der Waals surface area contributed by atoms with E-state index in [1.807, 2.05) is 24.4 Å². The molecular formula is C29H21ClFN3O3. The Morgan fingerprint density at radius 2 is 1.70 bits per heavy atom. The van der Waals surface area contributed by atoms with Crippen LogP contribution in [-0.2, 0) is 13.0 Å². The molecule has 6 nitrogen and oxygen atoms in total. The summed E-state index contributed by atoms with van der Waals surface area (Å²) in [7, 11) is 0. The van der Waals surface area contributed by atoms with Gasteiger partial charge in [0.25, 0.3) is 5.91 Å². The average Bonchev–Trinajstić information content (AvgIpc) is 3.30. The highest BCUT2D eigenvalue weighted by atomic mass is 35.5. The summed E-state index contributed by atoms with van der Waals surface area (Å²) in [5.41, 5.74) is 5.29. The zero-order valence-corrected chi connectivity index (χ0v) is 20.2. The number of hydrogen-bond donors (Lipinski definition) is 2. The van der Waals surface area contributed by atoms with Crippen LogP contribution < -0.4 is 5.32 Å². The smallest absolute Gasteiger partial charge is 0.335 e. The molecule has 37 heavy (non-hydrogen) atoms. The number of carbonyl (C=O) groups is 2. The normalized spacial score (nSPS) is 11.0. The number of hydrogen-bond acceptors (Lipinski definition) is 3. The highest BCUT2D eigenvalue weighted by Gasteiger charge is 2.18. The standard InChI is InChI=1S/C29H21ClFN3O3/c30-24-3-1-2-19(13-24)12-22-16-33-34-17-23(20-8-10-25(31)11-9-20)14-26(27(22)34)28(35)32-15-18-4-6-21(7-5-18)29(36)37/h1-11,13-14,16-17H,12,15H2,(H,32,35)(H,36,37). The van der Waals surface area contributed by atoms with E-state index in [0.717, 1.165) is 22.3 Å². The number of nitrogens with one attached hydrogen (secondary N) is 1. The van der Waals surface area contributed by atoms with Crippen LogP contribution in [0.5, 0.6) is 0 Å². The van der Waals surface area contributed by atoms with Gasteiger partial charge in [0.05, 0.1) is 22.8 Å². The number of carbonyl (C=O) groups excluding carboxylic acids is 1. The summed E-state index contributed by atoms with van der Waals surface area (Å²) < 4.78 is 15.2. The van der Waals surface area contributed by atoms with Gasteiger partial charge in [-0.3, -0.25) is 4.79 Å². The Kier molecular flexibility index (Phi) is 6.70. The van der Waals surface area contributed by atoms with Crippen molar-refractivity contribution in [3.05, 3.63) is 130 Å². The monoisotopic (exact) mass is 513 g/mol. The Labute approximate surface area is 217 Å². The number of pyridine rings is 1. The Morgan fingerprint density at radius 1 is 0.946 bits per heavy atom. The second kappa shape index (κ2) is 10.2. The Balaban J connectivity index is 1.52. The van der Waals surface area contributed by atoms with Crippen LogP contribution in [0.4, 0.5) is 4.39 Å². The van der Waals surface area contributed by atoms with Crippen molar-refractivity contribution in [3.8, 4) is 11.1 Å².